The maximum Gasteiger partial charge on any atom is 0.139 e. The van der Waals surface area contributed by atoms with Gasteiger partial charge in [0.05, 0.1) is 0 Å². The van der Waals surface area contributed by atoms with Crippen LogP contribution < -0.4 is 0 Å². The van der Waals surface area contributed by atoms with Gasteiger partial charge in [-0.25, -0.2) is 8.78 Å². The van der Waals surface area contributed by atoms with Gasteiger partial charge in [-0.2, -0.15) is 0 Å². The SMILES string of the molecule is Fc1c2c[c]ccc2c(F)c2c[c]ccc12. The van der Waals surface area contributed by atoms with Crippen molar-refractivity contribution in [3.05, 3.63) is 60.2 Å². The number of hydrogen-bond donors (Lipinski definition) is 0. The Morgan fingerprint density at radius 2 is 1.12 bits per heavy atom. The van der Waals surface area contributed by atoms with Crippen LogP contribution in [0.2, 0.25) is 0 Å². The van der Waals surface area contributed by atoms with Crippen LogP contribution in [0, 0.1) is 23.8 Å². The molecule has 0 amide bonds. The quantitative estimate of drug-likeness (QED) is 0.496. The first kappa shape index (κ1) is 9.28. The Balaban J connectivity index is 2.67. The second kappa shape index (κ2) is 3.27. The number of benzene rings is 3. The van der Waals surface area contributed by atoms with E-state index in [1.807, 2.05) is 0 Å². The van der Waals surface area contributed by atoms with Crippen LogP contribution in [0.4, 0.5) is 8.78 Å². The third-order valence-corrected chi connectivity index (χ3v) is 2.67. The summed E-state index contributed by atoms with van der Waals surface area (Å²) in [6.45, 7) is 0. The summed E-state index contributed by atoms with van der Waals surface area (Å²) in [5.41, 5.74) is 0. The molecule has 0 saturated heterocycles. The smallest absolute Gasteiger partial charge is 0.139 e. The van der Waals surface area contributed by atoms with Gasteiger partial charge < -0.3 is 0 Å². The van der Waals surface area contributed by atoms with Gasteiger partial charge >= 0.3 is 0 Å². The minimum atomic E-state index is -0.405. The first-order valence-electron chi connectivity index (χ1n) is 4.85. The lowest BCUT2D eigenvalue weighted by Gasteiger charge is -2.06. The Kier molecular flexibility index (Phi) is 1.90. The Morgan fingerprint density at radius 3 is 1.56 bits per heavy atom. The van der Waals surface area contributed by atoms with Crippen molar-refractivity contribution in [2.75, 3.05) is 0 Å². The summed E-state index contributed by atoms with van der Waals surface area (Å²) >= 11 is 0. The summed E-state index contributed by atoms with van der Waals surface area (Å²) < 4.78 is 28.1. The van der Waals surface area contributed by atoms with Gasteiger partial charge in [-0.05, 0) is 24.3 Å². The Hall–Kier alpha value is -1.96. The number of fused-ring (bicyclic) bond motifs is 2. The van der Waals surface area contributed by atoms with Crippen LogP contribution >= 0.6 is 0 Å². The lowest BCUT2D eigenvalue weighted by molar-refractivity contribution is 0.635. The lowest BCUT2D eigenvalue weighted by atomic mass is 10.0. The van der Waals surface area contributed by atoms with Gasteiger partial charge in [0.1, 0.15) is 11.6 Å². The van der Waals surface area contributed by atoms with E-state index in [2.05, 4.69) is 12.1 Å². The van der Waals surface area contributed by atoms with Crippen LogP contribution in [0.5, 0.6) is 0 Å². The van der Waals surface area contributed by atoms with Gasteiger partial charge in [0, 0.05) is 21.5 Å². The highest BCUT2D eigenvalue weighted by atomic mass is 19.1. The van der Waals surface area contributed by atoms with E-state index in [-0.39, 0.29) is 21.5 Å². The Bertz CT molecular complexity index is 570. The molecule has 3 aromatic carbocycles. The molecule has 0 aliphatic rings. The fourth-order valence-electron chi connectivity index (χ4n) is 1.90. The highest BCUT2D eigenvalue weighted by Crippen LogP contribution is 2.29. The zero-order chi connectivity index (χ0) is 11.1. The molecule has 0 N–H and O–H groups in total. The van der Waals surface area contributed by atoms with E-state index < -0.39 is 11.6 Å². The van der Waals surface area contributed by atoms with E-state index >= 15 is 0 Å². The van der Waals surface area contributed by atoms with Crippen molar-refractivity contribution in [1.82, 2.24) is 0 Å². The molecule has 0 heterocycles. The first-order chi connectivity index (χ1) is 7.79. The van der Waals surface area contributed by atoms with Crippen LogP contribution in [-0.4, -0.2) is 0 Å². The fraction of sp³-hybridized carbons (Fsp3) is 0. The van der Waals surface area contributed by atoms with Gasteiger partial charge in [-0.15, -0.1) is 0 Å². The predicted octanol–water partition coefficient (Wildman–Crippen LogP) is 3.87. The molecule has 2 radical (unpaired) electrons. The van der Waals surface area contributed by atoms with Crippen LogP contribution in [0.3, 0.4) is 0 Å². The van der Waals surface area contributed by atoms with E-state index in [4.69, 9.17) is 0 Å². The highest BCUT2D eigenvalue weighted by Gasteiger charge is 2.12. The lowest BCUT2D eigenvalue weighted by Crippen LogP contribution is -1.89. The molecule has 0 saturated carbocycles. The van der Waals surface area contributed by atoms with Gasteiger partial charge in [0.15, 0.2) is 0 Å². The topological polar surface area (TPSA) is 0 Å². The van der Waals surface area contributed by atoms with Gasteiger partial charge in [0.2, 0.25) is 0 Å². The van der Waals surface area contributed by atoms with Gasteiger partial charge in [-0.3, -0.25) is 0 Å². The molecule has 0 spiro atoms. The van der Waals surface area contributed by atoms with E-state index in [0.29, 0.717) is 0 Å². The second-order valence-electron chi connectivity index (χ2n) is 3.57. The molecule has 2 heteroatoms. The van der Waals surface area contributed by atoms with Crippen LogP contribution in [-0.2, 0) is 0 Å². The average molecular weight is 212 g/mol. The molecule has 0 unspecified atom stereocenters. The number of hydrogen-bond acceptors (Lipinski definition) is 0. The first-order valence-corrected chi connectivity index (χ1v) is 4.85. The van der Waals surface area contributed by atoms with Crippen molar-refractivity contribution >= 4 is 21.5 Å². The predicted molar refractivity (Wildman–Crippen MR) is 59.0 cm³/mol. The van der Waals surface area contributed by atoms with Crippen LogP contribution in [0.15, 0.2) is 36.4 Å². The molecule has 0 bridgehead atoms. The molecular formula is C14H6F2. The van der Waals surface area contributed by atoms with Crippen molar-refractivity contribution in [3.8, 4) is 0 Å². The third-order valence-electron chi connectivity index (χ3n) is 2.67. The summed E-state index contributed by atoms with van der Waals surface area (Å²) in [7, 11) is 0. The maximum atomic E-state index is 14.0. The molecule has 0 aromatic heterocycles. The third kappa shape index (κ3) is 1.13. The summed E-state index contributed by atoms with van der Waals surface area (Å²) in [4.78, 5) is 0. The molecule has 0 aliphatic carbocycles. The summed E-state index contributed by atoms with van der Waals surface area (Å²) in [5, 5.41) is 1.09. The van der Waals surface area contributed by atoms with Gasteiger partial charge in [-0.1, -0.05) is 24.3 Å². The van der Waals surface area contributed by atoms with Crippen molar-refractivity contribution in [2.45, 2.75) is 0 Å². The van der Waals surface area contributed by atoms with Crippen LogP contribution in [0.1, 0.15) is 0 Å². The summed E-state index contributed by atoms with van der Waals surface area (Å²) in [5.74, 6) is -0.811. The Labute approximate surface area is 91.1 Å². The zero-order valence-corrected chi connectivity index (χ0v) is 8.22. The maximum absolute atomic E-state index is 14.0. The Morgan fingerprint density at radius 1 is 0.688 bits per heavy atom. The van der Waals surface area contributed by atoms with Crippen molar-refractivity contribution in [3.63, 3.8) is 0 Å². The van der Waals surface area contributed by atoms with Crippen molar-refractivity contribution in [1.29, 1.82) is 0 Å². The van der Waals surface area contributed by atoms with E-state index in [0.717, 1.165) is 0 Å². The number of halogens is 2. The fourth-order valence-corrected chi connectivity index (χ4v) is 1.90. The molecule has 0 aliphatic heterocycles. The molecule has 3 aromatic rings. The average Bonchev–Trinajstić information content (AvgIpc) is 2.36. The number of rotatable bonds is 0. The molecule has 16 heavy (non-hydrogen) atoms. The molecule has 0 atom stereocenters. The van der Waals surface area contributed by atoms with E-state index in [9.17, 15) is 8.78 Å². The zero-order valence-electron chi connectivity index (χ0n) is 8.22. The molecule has 0 fully saturated rings. The van der Waals surface area contributed by atoms with Crippen molar-refractivity contribution < 1.29 is 8.78 Å². The minimum Gasteiger partial charge on any atom is -0.206 e. The molecule has 3 rings (SSSR count). The van der Waals surface area contributed by atoms with Gasteiger partial charge in [0.25, 0.3) is 0 Å². The molecule has 0 nitrogen and oxygen atoms in total. The van der Waals surface area contributed by atoms with Crippen molar-refractivity contribution in [2.24, 2.45) is 0 Å². The van der Waals surface area contributed by atoms with E-state index in [1.165, 1.54) is 24.3 Å². The molecular weight excluding hydrogens is 206 g/mol. The second-order valence-corrected chi connectivity index (χ2v) is 3.57. The van der Waals surface area contributed by atoms with Crippen LogP contribution in [0.25, 0.3) is 21.5 Å². The standard InChI is InChI=1S/C14H6F2/c15-13-9-5-1-2-6-10(9)14(16)12-8-4-3-7-11(12)13/h1,4-8H. The largest absolute Gasteiger partial charge is 0.206 e. The van der Waals surface area contributed by atoms with E-state index in [1.54, 1.807) is 12.1 Å². The monoisotopic (exact) mass is 212 g/mol. The highest BCUT2D eigenvalue weighted by molar-refractivity contribution is 5.99. The summed E-state index contributed by atoms with van der Waals surface area (Å²) in [6, 6.07) is 14.6. The molecule has 76 valence electrons. The minimum absolute atomic E-state index is 0.263. The normalized spacial score (nSPS) is 11.1. The summed E-state index contributed by atoms with van der Waals surface area (Å²) in [6.07, 6.45) is 0.